The quantitative estimate of drug-likeness (QED) is 0.332. The minimum absolute atomic E-state index is 0.0246. The summed E-state index contributed by atoms with van der Waals surface area (Å²) >= 11 is 0. The van der Waals surface area contributed by atoms with Crippen molar-refractivity contribution < 1.29 is 14.4 Å². The standard InChI is InChI=1S/C13H16N2O4/c1-3-7-19-13-5-4-12(15(16)17)9-11(13)10-14-6-8-18-2/h1,4-5,9,14H,6-8,10H2,2H3. The Morgan fingerprint density at radius 1 is 1.53 bits per heavy atom. The molecule has 0 amide bonds. The maximum Gasteiger partial charge on any atom is 0.270 e. The minimum Gasteiger partial charge on any atom is -0.481 e. The van der Waals surface area contributed by atoms with Crippen LogP contribution in [-0.4, -0.2) is 31.8 Å². The fourth-order valence-corrected chi connectivity index (χ4v) is 1.48. The van der Waals surface area contributed by atoms with Crippen molar-refractivity contribution in [2.75, 3.05) is 26.9 Å². The summed E-state index contributed by atoms with van der Waals surface area (Å²) < 4.78 is 10.3. The normalized spacial score (nSPS) is 9.89. The zero-order valence-corrected chi connectivity index (χ0v) is 10.7. The first-order valence-corrected chi connectivity index (χ1v) is 5.72. The first kappa shape index (κ1) is 15.0. The lowest BCUT2D eigenvalue weighted by Crippen LogP contribution is -2.19. The van der Waals surface area contributed by atoms with Gasteiger partial charge in [-0.15, -0.1) is 6.42 Å². The summed E-state index contributed by atoms with van der Waals surface area (Å²) in [6.45, 7) is 1.79. The molecule has 0 bridgehead atoms. The molecule has 102 valence electrons. The second-order valence-corrected chi connectivity index (χ2v) is 3.71. The van der Waals surface area contributed by atoms with E-state index in [1.165, 1.54) is 12.1 Å². The number of nitro benzene ring substituents is 1. The number of nitrogens with zero attached hydrogens (tertiary/aromatic N) is 1. The van der Waals surface area contributed by atoms with E-state index >= 15 is 0 Å². The third kappa shape index (κ3) is 4.95. The zero-order valence-electron chi connectivity index (χ0n) is 10.7. The van der Waals surface area contributed by atoms with E-state index in [1.807, 2.05) is 0 Å². The number of hydrogen-bond acceptors (Lipinski definition) is 5. The number of nitro groups is 1. The molecule has 0 fully saturated rings. The number of hydrogen-bond donors (Lipinski definition) is 1. The molecule has 6 heteroatoms. The first-order valence-electron chi connectivity index (χ1n) is 5.72. The van der Waals surface area contributed by atoms with Crippen molar-refractivity contribution >= 4 is 5.69 Å². The Kier molecular flexibility index (Phi) is 6.36. The van der Waals surface area contributed by atoms with Crippen LogP contribution >= 0.6 is 0 Å². The van der Waals surface area contributed by atoms with E-state index in [0.717, 1.165) is 0 Å². The fraction of sp³-hybridized carbons (Fsp3) is 0.385. The predicted octanol–water partition coefficient (Wildman–Crippen LogP) is 1.34. The van der Waals surface area contributed by atoms with Crippen molar-refractivity contribution in [1.82, 2.24) is 5.32 Å². The SMILES string of the molecule is C#CCOc1ccc([N+](=O)[O-])cc1CNCCOC. The van der Waals surface area contributed by atoms with Gasteiger partial charge in [0.15, 0.2) is 0 Å². The molecule has 0 aliphatic carbocycles. The molecule has 0 saturated carbocycles. The van der Waals surface area contributed by atoms with Gasteiger partial charge in [-0.3, -0.25) is 10.1 Å². The third-order valence-electron chi connectivity index (χ3n) is 2.36. The predicted molar refractivity (Wildman–Crippen MR) is 71.0 cm³/mol. The van der Waals surface area contributed by atoms with Crippen molar-refractivity contribution in [3.8, 4) is 18.1 Å². The van der Waals surface area contributed by atoms with Gasteiger partial charge in [-0.25, -0.2) is 0 Å². The summed E-state index contributed by atoms with van der Waals surface area (Å²) in [4.78, 5) is 10.3. The average Bonchev–Trinajstić information content (AvgIpc) is 2.41. The van der Waals surface area contributed by atoms with Gasteiger partial charge in [0, 0.05) is 37.9 Å². The molecule has 1 aromatic carbocycles. The summed E-state index contributed by atoms with van der Waals surface area (Å²) in [7, 11) is 1.61. The lowest BCUT2D eigenvalue weighted by Gasteiger charge is -2.10. The van der Waals surface area contributed by atoms with Crippen molar-refractivity contribution in [2.24, 2.45) is 0 Å². The largest absolute Gasteiger partial charge is 0.481 e. The summed E-state index contributed by atoms with van der Waals surface area (Å²) in [6.07, 6.45) is 5.13. The van der Waals surface area contributed by atoms with Crippen LogP contribution in [-0.2, 0) is 11.3 Å². The highest BCUT2D eigenvalue weighted by Gasteiger charge is 2.11. The molecule has 0 unspecified atom stereocenters. The van der Waals surface area contributed by atoms with Crippen LogP contribution < -0.4 is 10.1 Å². The molecule has 1 aromatic rings. The third-order valence-corrected chi connectivity index (χ3v) is 2.36. The maximum absolute atomic E-state index is 10.7. The van der Waals surface area contributed by atoms with E-state index in [2.05, 4.69) is 11.2 Å². The van der Waals surface area contributed by atoms with Crippen LogP contribution in [0, 0.1) is 22.5 Å². The second kappa shape index (κ2) is 8.08. The number of terminal acetylenes is 1. The van der Waals surface area contributed by atoms with Crippen LogP contribution in [0.15, 0.2) is 18.2 Å². The van der Waals surface area contributed by atoms with Crippen LogP contribution in [0.3, 0.4) is 0 Å². The average molecular weight is 264 g/mol. The van der Waals surface area contributed by atoms with Crippen molar-refractivity contribution in [3.05, 3.63) is 33.9 Å². The minimum atomic E-state index is -0.441. The summed E-state index contributed by atoms with van der Waals surface area (Å²) in [6, 6.07) is 4.43. The van der Waals surface area contributed by atoms with E-state index in [0.29, 0.717) is 31.0 Å². The molecule has 0 saturated heterocycles. The molecule has 0 heterocycles. The van der Waals surface area contributed by atoms with E-state index in [4.69, 9.17) is 15.9 Å². The maximum atomic E-state index is 10.7. The molecule has 6 nitrogen and oxygen atoms in total. The number of methoxy groups -OCH3 is 1. The van der Waals surface area contributed by atoms with E-state index in [-0.39, 0.29) is 12.3 Å². The van der Waals surface area contributed by atoms with Gasteiger partial charge >= 0.3 is 0 Å². The number of non-ortho nitro benzene ring substituents is 1. The Morgan fingerprint density at radius 3 is 2.95 bits per heavy atom. The monoisotopic (exact) mass is 264 g/mol. The Hall–Kier alpha value is -2.10. The molecule has 0 radical (unpaired) electrons. The van der Waals surface area contributed by atoms with Gasteiger partial charge in [0.25, 0.3) is 5.69 Å². The lowest BCUT2D eigenvalue weighted by atomic mass is 10.1. The molecule has 0 aliphatic heterocycles. The smallest absolute Gasteiger partial charge is 0.270 e. The topological polar surface area (TPSA) is 73.6 Å². The van der Waals surface area contributed by atoms with E-state index < -0.39 is 4.92 Å². The van der Waals surface area contributed by atoms with Gasteiger partial charge in [-0.1, -0.05) is 5.92 Å². The van der Waals surface area contributed by atoms with Gasteiger partial charge in [0.2, 0.25) is 0 Å². The Morgan fingerprint density at radius 2 is 2.32 bits per heavy atom. The Labute approximate surface area is 111 Å². The Bertz CT molecular complexity index is 468. The molecule has 1 rings (SSSR count). The molecule has 0 aliphatic rings. The van der Waals surface area contributed by atoms with Crippen molar-refractivity contribution in [1.29, 1.82) is 0 Å². The highest BCUT2D eigenvalue weighted by Crippen LogP contribution is 2.24. The van der Waals surface area contributed by atoms with Crippen LogP contribution in [0.1, 0.15) is 5.56 Å². The number of ether oxygens (including phenoxy) is 2. The van der Waals surface area contributed by atoms with E-state index in [9.17, 15) is 10.1 Å². The number of rotatable bonds is 8. The van der Waals surface area contributed by atoms with Crippen LogP contribution in [0.4, 0.5) is 5.69 Å². The highest BCUT2D eigenvalue weighted by atomic mass is 16.6. The zero-order chi connectivity index (χ0) is 14.1. The van der Waals surface area contributed by atoms with Gasteiger partial charge in [-0.2, -0.15) is 0 Å². The summed E-state index contributed by atoms with van der Waals surface area (Å²) in [5.41, 5.74) is 0.720. The van der Waals surface area contributed by atoms with Crippen LogP contribution in [0.25, 0.3) is 0 Å². The lowest BCUT2D eigenvalue weighted by molar-refractivity contribution is -0.384. The molecule has 0 atom stereocenters. The highest BCUT2D eigenvalue weighted by molar-refractivity contribution is 5.43. The van der Waals surface area contributed by atoms with E-state index in [1.54, 1.807) is 13.2 Å². The molecule has 19 heavy (non-hydrogen) atoms. The number of nitrogens with one attached hydrogen (secondary N) is 1. The van der Waals surface area contributed by atoms with Crippen molar-refractivity contribution in [2.45, 2.75) is 6.54 Å². The molecule has 1 N–H and O–H groups in total. The Balaban J connectivity index is 2.78. The van der Waals surface area contributed by atoms with Gasteiger partial charge in [0.05, 0.1) is 11.5 Å². The molecular formula is C13H16N2O4. The second-order valence-electron chi connectivity index (χ2n) is 3.71. The molecule has 0 spiro atoms. The van der Waals surface area contributed by atoms with Gasteiger partial charge < -0.3 is 14.8 Å². The van der Waals surface area contributed by atoms with Gasteiger partial charge in [0.1, 0.15) is 12.4 Å². The van der Waals surface area contributed by atoms with Crippen LogP contribution in [0.2, 0.25) is 0 Å². The van der Waals surface area contributed by atoms with Gasteiger partial charge in [-0.05, 0) is 6.07 Å². The number of benzene rings is 1. The van der Waals surface area contributed by atoms with Crippen LogP contribution in [0.5, 0.6) is 5.75 Å². The van der Waals surface area contributed by atoms with Crippen molar-refractivity contribution in [3.63, 3.8) is 0 Å². The summed E-state index contributed by atoms with van der Waals surface area (Å²) in [5.74, 6) is 2.91. The first-order chi connectivity index (χ1) is 9.19. The fourth-order valence-electron chi connectivity index (χ4n) is 1.48. The summed E-state index contributed by atoms with van der Waals surface area (Å²) in [5, 5.41) is 13.9. The molecular weight excluding hydrogens is 248 g/mol. The molecule has 0 aromatic heterocycles.